The van der Waals surface area contributed by atoms with Crippen LogP contribution in [0.15, 0.2) is 18.3 Å². The van der Waals surface area contributed by atoms with Crippen molar-refractivity contribution in [3.63, 3.8) is 0 Å². The second-order valence-electron chi connectivity index (χ2n) is 4.08. The van der Waals surface area contributed by atoms with E-state index >= 15 is 0 Å². The SMILES string of the molecule is CCC(C)(C)c1nc2cccnc2s1. The van der Waals surface area contributed by atoms with E-state index in [0.29, 0.717) is 0 Å². The zero-order chi connectivity index (χ0) is 10.2. The maximum absolute atomic E-state index is 4.61. The molecule has 2 aromatic heterocycles. The molecule has 0 aliphatic rings. The van der Waals surface area contributed by atoms with Crippen LogP contribution in [0.5, 0.6) is 0 Å². The molecule has 2 rings (SSSR count). The van der Waals surface area contributed by atoms with Gasteiger partial charge in [0.1, 0.15) is 15.4 Å². The highest BCUT2D eigenvalue weighted by Crippen LogP contribution is 2.32. The number of thiazole rings is 1. The molecular weight excluding hydrogens is 192 g/mol. The molecule has 0 unspecified atom stereocenters. The fourth-order valence-electron chi connectivity index (χ4n) is 1.21. The first-order valence-electron chi connectivity index (χ1n) is 4.85. The smallest absolute Gasteiger partial charge is 0.143 e. The van der Waals surface area contributed by atoms with E-state index in [1.54, 1.807) is 11.3 Å². The van der Waals surface area contributed by atoms with Gasteiger partial charge in [-0.1, -0.05) is 32.1 Å². The van der Waals surface area contributed by atoms with Crippen LogP contribution in [0.4, 0.5) is 0 Å². The number of fused-ring (bicyclic) bond motifs is 1. The van der Waals surface area contributed by atoms with Crippen molar-refractivity contribution in [2.75, 3.05) is 0 Å². The van der Waals surface area contributed by atoms with Crippen LogP contribution in [0, 0.1) is 0 Å². The summed E-state index contributed by atoms with van der Waals surface area (Å²) in [6.45, 7) is 6.65. The maximum Gasteiger partial charge on any atom is 0.143 e. The van der Waals surface area contributed by atoms with E-state index < -0.39 is 0 Å². The molecule has 0 aromatic carbocycles. The molecule has 0 N–H and O–H groups in total. The molecule has 0 fully saturated rings. The van der Waals surface area contributed by atoms with E-state index in [4.69, 9.17) is 0 Å². The van der Waals surface area contributed by atoms with Crippen molar-refractivity contribution in [1.29, 1.82) is 0 Å². The van der Waals surface area contributed by atoms with Crippen LogP contribution in [-0.4, -0.2) is 9.97 Å². The zero-order valence-electron chi connectivity index (χ0n) is 8.74. The van der Waals surface area contributed by atoms with Crippen molar-refractivity contribution in [2.45, 2.75) is 32.6 Å². The predicted molar refractivity (Wildman–Crippen MR) is 60.7 cm³/mol. The monoisotopic (exact) mass is 206 g/mol. The molecule has 0 radical (unpaired) electrons. The minimum Gasteiger partial charge on any atom is -0.244 e. The first kappa shape index (κ1) is 9.59. The van der Waals surface area contributed by atoms with E-state index in [0.717, 1.165) is 16.8 Å². The molecule has 0 saturated heterocycles. The van der Waals surface area contributed by atoms with Crippen molar-refractivity contribution < 1.29 is 0 Å². The van der Waals surface area contributed by atoms with Gasteiger partial charge in [0.05, 0.1) is 0 Å². The summed E-state index contributed by atoms with van der Waals surface area (Å²) in [4.78, 5) is 9.96. The van der Waals surface area contributed by atoms with E-state index in [9.17, 15) is 0 Å². The fourth-order valence-corrected chi connectivity index (χ4v) is 2.29. The molecule has 14 heavy (non-hydrogen) atoms. The quantitative estimate of drug-likeness (QED) is 0.752. The van der Waals surface area contributed by atoms with Crippen LogP contribution < -0.4 is 0 Å². The third-order valence-corrected chi connectivity index (χ3v) is 3.97. The number of nitrogens with zero attached hydrogens (tertiary/aromatic N) is 2. The molecule has 0 aliphatic heterocycles. The average molecular weight is 206 g/mol. The largest absolute Gasteiger partial charge is 0.244 e. The van der Waals surface area contributed by atoms with Gasteiger partial charge < -0.3 is 0 Å². The van der Waals surface area contributed by atoms with E-state index in [1.165, 1.54) is 5.01 Å². The minimum absolute atomic E-state index is 0.172. The highest BCUT2D eigenvalue weighted by atomic mass is 32.1. The first-order valence-corrected chi connectivity index (χ1v) is 5.67. The Morgan fingerprint density at radius 1 is 1.43 bits per heavy atom. The average Bonchev–Trinajstić information content (AvgIpc) is 2.61. The fraction of sp³-hybridized carbons (Fsp3) is 0.455. The number of rotatable bonds is 2. The van der Waals surface area contributed by atoms with E-state index in [-0.39, 0.29) is 5.41 Å². The van der Waals surface area contributed by atoms with Crippen LogP contribution in [-0.2, 0) is 5.41 Å². The molecule has 0 aliphatic carbocycles. The second kappa shape index (κ2) is 3.31. The lowest BCUT2D eigenvalue weighted by Crippen LogP contribution is -2.14. The summed E-state index contributed by atoms with van der Waals surface area (Å²) in [6, 6.07) is 3.96. The topological polar surface area (TPSA) is 25.8 Å². The lowest BCUT2D eigenvalue weighted by molar-refractivity contribution is 0.504. The van der Waals surface area contributed by atoms with Gasteiger partial charge in [-0.3, -0.25) is 0 Å². The Morgan fingerprint density at radius 2 is 2.21 bits per heavy atom. The lowest BCUT2D eigenvalue weighted by atomic mass is 9.91. The molecule has 0 amide bonds. The summed E-state index contributed by atoms with van der Waals surface area (Å²) in [6.07, 6.45) is 2.93. The van der Waals surface area contributed by atoms with Gasteiger partial charge in [-0.25, -0.2) is 9.97 Å². The van der Waals surface area contributed by atoms with Gasteiger partial charge in [-0.05, 0) is 18.6 Å². The Labute approximate surface area is 88.0 Å². The maximum atomic E-state index is 4.61. The molecule has 0 bridgehead atoms. The van der Waals surface area contributed by atoms with Gasteiger partial charge in [0.2, 0.25) is 0 Å². The minimum atomic E-state index is 0.172. The second-order valence-corrected chi connectivity index (χ2v) is 5.06. The zero-order valence-corrected chi connectivity index (χ0v) is 9.56. The van der Waals surface area contributed by atoms with Crippen LogP contribution in [0.2, 0.25) is 0 Å². The predicted octanol–water partition coefficient (Wildman–Crippen LogP) is 3.38. The third kappa shape index (κ3) is 1.52. The van der Waals surface area contributed by atoms with Gasteiger partial charge in [0.15, 0.2) is 0 Å². The number of pyridine rings is 1. The van der Waals surface area contributed by atoms with E-state index in [1.807, 2.05) is 18.3 Å². The van der Waals surface area contributed by atoms with Gasteiger partial charge in [0, 0.05) is 11.6 Å². The van der Waals surface area contributed by atoms with E-state index in [2.05, 4.69) is 30.7 Å². The molecule has 0 atom stereocenters. The molecule has 74 valence electrons. The summed E-state index contributed by atoms with van der Waals surface area (Å²) in [7, 11) is 0. The van der Waals surface area contributed by atoms with Crippen molar-refractivity contribution in [3.05, 3.63) is 23.3 Å². The van der Waals surface area contributed by atoms with Gasteiger partial charge >= 0.3 is 0 Å². The first-order chi connectivity index (χ1) is 6.63. The molecule has 2 heterocycles. The number of aromatic nitrogens is 2. The standard InChI is InChI=1S/C11H14N2S/c1-4-11(2,3)10-13-8-6-5-7-12-9(8)14-10/h5-7H,4H2,1-3H3. The lowest BCUT2D eigenvalue weighted by Gasteiger charge is -2.18. The van der Waals surface area contributed by atoms with Crippen LogP contribution >= 0.6 is 11.3 Å². The van der Waals surface area contributed by atoms with Gasteiger partial charge in [-0.2, -0.15) is 0 Å². The Balaban J connectivity index is 2.55. The molecular formula is C11H14N2S. The molecule has 2 nitrogen and oxygen atoms in total. The Kier molecular flexibility index (Phi) is 2.27. The summed E-state index contributed by atoms with van der Waals surface area (Å²) in [5, 5.41) is 1.19. The Morgan fingerprint density at radius 3 is 2.86 bits per heavy atom. The third-order valence-electron chi connectivity index (χ3n) is 2.63. The van der Waals surface area contributed by atoms with Crippen LogP contribution in [0.3, 0.4) is 0 Å². The Hall–Kier alpha value is -0.960. The molecule has 2 aromatic rings. The molecule has 3 heteroatoms. The summed E-state index contributed by atoms with van der Waals surface area (Å²) >= 11 is 1.71. The Bertz CT molecular complexity index is 412. The normalized spacial score (nSPS) is 12.2. The molecule has 0 saturated carbocycles. The van der Waals surface area contributed by atoms with Crippen molar-refractivity contribution in [1.82, 2.24) is 9.97 Å². The van der Waals surface area contributed by atoms with Gasteiger partial charge in [0.25, 0.3) is 0 Å². The van der Waals surface area contributed by atoms with Crippen LogP contribution in [0.25, 0.3) is 10.3 Å². The summed E-state index contributed by atoms with van der Waals surface area (Å²) in [5.74, 6) is 0. The molecule has 0 spiro atoms. The number of hydrogen-bond acceptors (Lipinski definition) is 3. The van der Waals surface area contributed by atoms with Crippen LogP contribution in [0.1, 0.15) is 32.2 Å². The van der Waals surface area contributed by atoms with Crippen molar-refractivity contribution >= 4 is 21.7 Å². The highest BCUT2D eigenvalue weighted by Gasteiger charge is 2.22. The highest BCUT2D eigenvalue weighted by molar-refractivity contribution is 7.18. The van der Waals surface area contributed by atoms with Gasteiger partial charge in [-0.15, -0.1) is 0 Å². The van der Waals surface area contributed by atoms with Crippen molar-refractivity contribution in [3.8, 4) is 0 Å². The van der Waals surface area contributed by atoms with Crippen molar-refractivity contribution in [2.24, 2.45) is 0 Å². The summed E-state index contributed by atoms with van der Waals surface area (Å²) in [5.41, 5.74) is 1.19. The number of hydrogen-bond donors (Lipinski definition) is 0. The summed E-state index contributed by atoms with van der Waals surface area (Å²) < 4.78 is 0.